The Bertz CT molecular complexity index is 938. The minimum Gasteiger partial charge on any atom is -0.458 e. The molecule has 0 spiro atoms. The van der Waals surface area contributed by atoms with Crippen LogP contribution in [0.3, 0.4) is 0 Å². The van der Waals surface area contributed by atoms with Gasteiger partial charge >= 0.3 is 5.97 Å². The molecule has 0 aliphatic carbocycles. The molecule has 0 N–H and O–H groups in total. The summed E-state index contributed by atoms with van der Waals surface area (Å²) < 4.78 is 6.02. The Morgan fingerprint density at radius 3 is 2.47 bits per heavy atom. The number of hydrogen-bond acceptors (Lipinski definition) is 5. The normalized spacial score (nSPS) is 21.8. The van der Waals surface area contributed by atoms with Gasteiger partial charge in [-0.2, -0.15) is 0 Å². The lowest BCUT2D eigenvalue weighted by atomic mass is 9.74. The first-order valence-corrected chi connectivity index (χ1v) is 11.4. The number of benzene rings is 2. The van der Waals surface area contributed by atoms with Crippen LogP contribution in [0.4, 0.5) is 5.69 Å². The number of carbonyl (C=O) groups is 2. The minimum atomic E-state index is -0.916. The van der Waals surface area contributed by atoms with Gasteiger partial charge in [0.2, 0.25) is 0 Å². The van der Waals surface area contributed by atoms with Gasteiger partial charge in [0.05, 0.1) is 4.92 Å². The molecule has 0 bridgehead atoms. The van der Waals surface area contributed by atoms with E-state index < -0.39 is 28.3 Å². The lowest BCUT2D eigenvalue weighted by Crippen LogP contribution is -2.49. The van der Waals surface area contributed by atoms with Crippen molar-refractivity contribution in [2.45, 2.75) is 70.3 Å². The molecule has 32 heavy (non-hydrogen) atoms. The maximum atomic E-state index is 13.3. The number of hydrogen-bond donors (Lipinski definition) is 0. The molecule has 3 atom stereocenters. The second kappa shape index (κ2) is 10.5. The molecular weight excluding hydrogens is 406 g/mol. The van der Waals surface area contributed by atoms with Gasteiger partial charge in [0.25, 0.3) is 5.69 Å². The van der Waals surface area contributed by atoms with Crippen molar-refractivity contribution in [2.24, 2.45) is 5.92 Å². The highest BCUT2D eigenvalue weighted by atomic mass is 16.6. The van der Waals surface area contributed by atoms with Crippen LogP contribution in [0.5, 0.6) is 0 Å². The SMILES string of the molecule is CCC[C@@]1(CCCc2ccccc2)CC(=O)C([C@H](CC)c2cccc([N+](=O)[O-])c2)C(=O)O1. The van der Waals surface area contributed by atoms with Crippen molar-refractivity contribution in [2.75, 3.05) is 0 Å². The fraction of sp³-hybridized carbons (Fsp3) is 0.462. The zero-order valence-corrected chi connectivity index (χ0v) is 18.8. The van der Waals surface area contributed by atoms with Gasteiger partial charge in [-0.15, -0.1) is 0 Å². The Labute approximate surface area is 189 Å². The molecular formula is C26H31NO5. The monoisotopic (exact) mass is 437 g/mol. The number of rotatable bonds is 10. The van der Waals surface area contributed by atoms with Crippen LogP contribution in [0, 0.1) is 16.0 Å². The van der Waals surface area contributed by atoms with Crippen LogP contribution in [-0.2, 0) is 20.7 Å². The Morgan fingerprint density at radius 1 is 1.09 bits per heavy atom. The Hall–Kier alpha value is -3.02. The Kier molecular flexibility index (Phi) is 7.78. The standard InChI is InChI=1S/C26H31NO5/c1-3-15-26(16-9-12-19-10-6-5-7-11-19)18-23(28)24(25(29)32-26)22(4-2)20-13-8-14-21(17-20)27(30)31/h5-8,10-11,13-14,17,22,24H,3-4,9,12,15-16,18H2,1-2H3/t22-,24?,26-/m1/s1. The molecule has 170 valence electrons. The molecule has 3 rings (SSSR count). The summed E-state index contributed by atoms with van der Waals surface area (Å²) in [5.41, 5.74) is 1.06. The van der Waals surface area contributed by atoms with Gasteiger partial charge in [-0.05, 0) is 43.2 Å². The van der Waals surface area contributed by atoms with Crippen LogP contribution in [0.1, 0.15) is 69.4 Å². The number of carbonyl (C=O) groups excluding carboxylic acids is 2. The lowest BCUT2D eigenvalue weighted by Gasteiger charge is -2.40. The highest BCUT2D eigenvalue weighted by Crippen LogP contribution is 2.41. The molecule has 2 aromatic carbocycles. The summed E-state index contributed by atoms with van der Waals surface area (Å²) in [5, 5.41) is 11.2. The van der Waals surface area contributed by atoms with Crippen LogP contribution in [0.2, 0.25) is 0 Å². The third-order valence-corrected chi connectivity index (χ3v) is 6.41. The van der Waals surface area contributed by atoms with Crippen LogP contribution >= 0.6 is 0 Å². The highest BCUT2D eigenvalue weighted by Gasteiger charge is 2.48. The van der Waals surface area contributed by atoms with E-state index in [4.69, 9.17) is 4.74 Å². The molecule has 1 saturated heterocycles. The summed E-state index contributed by atoms with van der Waals surface area (Å²) in [7, 11) is 0. The maximum Gasteiger partial charge on any atom is 0.317 e. The van der Waals surface area contributed by atoms with Gasteiger partial charge in [0.1, 0.15) is 11.5 Å². The van der Waals surface area contributed by atoms with Crippen molar-refractivity contribution in [3.8, 4) is 0 Å². The topological polar surface area (TPSA) is 86.5 Å². The van der Waals surface area contributed by atoms with Gasteiger partial charge in [0.15, 0.2) is 5.78 Å². The summed E-state index contributed by atoms with van der Waals surface area (Å²) in [6, 6.07) is 16.4. The van der Waals surface area contributed by atoms with E-state index >= 15 is 0 Å². The van der Waals surface area contributed by atoms with Crippen LogP contribution < -0.4 is 0 Å². The zero-order chi connectivity index (χ0) is 23.1. The fourth-order valence-corrected chi connectivity index (χ4v) is 4.91. The van der Waals surface area contributed by atoms with Crippen molar-refractivity contribution < 1.29 is 19.2 Å². The molecule has 1 unspecified atom stereocenters. The van der Waals surface area contributed by atoms with E-state index in [0.717, 1.165) is 19.3 Å². The second-order valence-electron chi connectivity index (χ2n) is 8.68. The summed E-state index contributed by atoms with van der Waals surface area (Å²) in [6.07, 6.45) is 4.54. The first-order chi connectivity index (χ1) is 15.4. The van der Waals surface area contributed by atoms with E-state index in [2.05, 4.69) is 12.1 Å². The molecule has 1 aliphatic rings. The minimum absolute atomic E-state index is 0.0428. The first-order valence-electron chi connectivity index (χ1n) is 11.4. The molecule has 0 radical (unpaired) electrons. The van der Waals surface area contributed by atoms with E-state index in [9.17, 15) is 19.7 Å². The molecule has 0 aromatic heterocycles. The summed E-state index contributed by atoms with van der Waals surface area (Å²) >= 11 is 0. The molecule has 1 aliphatic heterocycles. The molecule has 2 aromatic rings. The average molecular weight is 438 g/mol. The summed E-state index contributed by atoms with van der Waals surface area (Å²) in [6.45, 7) is 3.92. The van der Waals surface area contributed by atoms with Crippen molar-refractivity contribution in [1.29, 1.82) is 0 Å². The van der Waals surface area contributed by atoms with E-state index in [1.165, 1.54) is 17.7 Å². The van der Waals surface area contributed by atoms with Crippen molar-refractivity contribution >= 4 is 17.4 Å². The smallest absolute Gasteiger partial charge is 0.317 e. The number of non-ortho nitro benzene ring substituents is 1. The Balaban J connectivity index is 1.76. The predicted octanol–water partition coefficient (Wildman–Crippen LogP) is 5.78. The van der Waals surface area contributed by atoms with Crippen LogP contribution in [-0.4, -0.2) is 22.3 Å². The predicted molar refractivity (Wildman–Crippen MR) is 122 cm³/mol. The van der Waals surface area contributed by atoms with Gasteiger partial charge in [0, 0.05) is 24.5 Å². The molecule has 0 amide bonds. The number of aryl methyl sites for hydroxylation is 1. The van der Waals surface area contributed by atoms with Crippen molar-refractivity contribution in [3.63, 3.8) is 0 Å². The summed E-state index contributed by atoms with van der Waals surface area (Å²) in [5.74, 6) is -1.96. The first kappa shape index (κ1) is 23.6. The average Bonchev–Trinajstić information content (AvgIpc) is 2.77. The van der Waals surface area contributed by atoms with Crippen molar-refractivity contribution in [1.82, 2.24) is 0 Å². The van der Waals surface area contributed by atoms with Gasteiger partial charge in [-0.25, -0.2) is 0 Å². The number of esters is 1. The van der Waals surface area contributed by atoms with E-state index in [1.807, 2.05) is 32.0 Å². The zero-order valence-electron chi connectivity index (χ0n) is 18.8. The largest absolute Gasteiger partial charge is 0.458 e. The molecule has 1 fully saturated rings. The molecule has 6 heteroatoms. The number of Topliss-reactive ketones (excluding diaryl/α,β-unsaturated/α-hetero) is 1. The number of ether oxygens (including phenoxy) is 1. The van der Waals surface area contributed by atoms with Gasteiger partial charge in [-0.3, -0.25) is 19.7 Å². The number of cyclic esters (lactones) is 1. The second-order valence-corrected chi connectivity index (χ2v) is 8.68. The fourth-order valence-electron chi connectivity index (χ4n) is 4.91. The van der Waals surface area contributed by atoms with E-state index in [0.29, 0.717) is 24.8 Å². The quantitative estimate of drug-likeness (QED) is 0.203. The summed E-state index contributed by atoms with van der Waals surface area (Å²) in [4.78, 5) is 37.1. The molecule has 1 heterocycles. The van der Waals surface area contributed by atoms with Gasteiger partial charge < -0.3 is 4.74 Å². The number of nitro benzene ring substituents is 1. The molecule has 0 saturated carbocycles. The Morgan fingerprint density at radius 2 is 1.84 bits per heavy atom. The number of ketones is 1. The third-order valence-electron chi connectivity index (χ3n) is 6.41. The van der Waals surface area contributed by atoms with Crippen LogP contribution in [0.15, 0.2) is 54.6 Å². The van der Waals surface area contributed by atoms with E-state index in [-0.39, 0.29) is 17.9 Å². The van der Waals surface area contributed by atoms with E-state index in [1.54, 1.807) is 12.1 Å². The van der Waals surface area contributed by atoms with Crippen molar-refractivity contribution in [3.05, 3.63) is 75.8 Å². The number of nitrogens with zero attached hydrogens (tertiary/aromatic N) is 1. The highest BCUT2D eigenvalue weighted by molar-refractivity contribution is 6.02. The van der Waals surface area contributed by atoms with Gasteiger partial charge in [-0.1, -0.05) is 62.7 Å². The molecule has 6 nitrogen and oxygen atoms in total. The number of nitro groups is 1. The maximum absolute atomic E-state index is 13.3. The third kappa shape index (κ3) is 5.42. The lowest BCUT2D eigenvalue weighted by molar-refractivity contribution is -0.384. The van der Waals surface area contributed by atoms with Crippen LogP contribution in [0.25, 0.3) is 0 Å².